The molecule has 1 aliphatic heterocycles. The Hall–Kier alpha value is -4.50. The third-order valence-electron chi connectivity index (χ3n) is 6.25. The van der Waals surface area contributed by atoms with Gasteiger partial charge in [-0.1, -0.05) is 54.6 Å². The Morgan fingerprint density at radius 1 is 0.895 bits per heavy atom. The molecule has 0 N–H and O–H groups in total. The highest BCUT2D eigenvalue weighted by Gasteiger charge is 2.33. The zero-order chi connectivity index (χ0) is 26.3. The molecular weight excluding hydrogens is 509 g/mol. The van der Waals surface area contributed by atoms with E-state index in [4.69, 9.17) is 0 Å². The van der Waals surface area contributed by atoms with Crippen LogP contribution in [0.4, 0.5) is 18.9 Å². The van der Waals surface area contributed by atoms with Gasteiger partial charge in [-0.2, -0.15) is 23.3 Å². The first kappa shape index (κ1) is 23.9. The highest BCUT2D eigenvalue weighted by atomic mass is 32.1. The van der Waals surface area contributed by atoms with Crippen molar-refractivity contribution in [2.75, 3.05) is 4.90 Å². The number of hydrogen-bond donors (Lipinski definition) is 0. The summed E-state index contributed by atoms with van der Waals surface area (Å²) < 4.78 is 42.0. The normalized spacial score (nSPS) is 14.2. The highest BCUT2D eigenvalue weighted by molar-refractivity contribution is 7.13. The number of hydrogen-bond acceptors (Lipinski definition) is 3. The monoisotopic (exact) mass is 528 g/mol. The van der Waals surface area contributed by atoms with Gasteiger partial charge in [-0.15, -0.1) is 11.3 Å². The van der Waals surface area contributed by atoms with Crippen LogP contribution in [0.3, 0.4) is 0 Å². The molecule has 3 aromatic carbocycles. The molecule has 0 aliphatic carbocycles. The summed E-state index contributed by atoms with van der Waals surface area (Å²) in [5.74, 6) is -0.228. The van der Waals surface area contributed by atoms with Crippen LogP contribution in [0.5, 0.6) is 0 Å². The molecule has 0 unspecified atom stereocenters. The average molecular weight is 529 g/mol. The number of aliphatic imine (C=N–C) groups is 1. The van der Waals surface area contributed by atoms with E-state index in [2.05, 4.69) is 10.1 Å². The van der Waals surface area contributed by atoms with Gasteiger partial charge < -0.3 is 4.90 Å². The number of halogens is 3. The predicted molar refractivity (Wildman–Crippen MR) is 142 cm³/mol. The van der Waals surface area contributed by atoms with Crippen LogP contribution in [0.1, 0.15) is 27.0 Å². The van der Waals surface area contributed by atoms with Crippen molar-refractivity contribution in [3.8, 4) is 16.3 Å². The van der Waals surface area contributed by atoms with Gasteiger partial charge in [0.15, 0.2) is 0 Å². The van der Waals surface area contributed by atoms with Crippen LogP contribution in [0.15, 0.2) is 108 Å². The van der Waals surface area contributed by atoms with E-state index in [0.717, 1.165) is 28.3 Å². The van der Waals surface area contributed by atoms with Gasteiger partial charge in [0.1, 0.15) is 11.5 Å². The predicted octanol–water partition coefficient (Wildman–Crippen LogP) is 7.23. The fourth-order valence-corrected chi connectivity index (χ4v) is 5.17. The molecule has 1 amide bonds. The van der Waals surface area contributed by atoms with Crippen LogP contribution in [0, 0.1) is 0 Å². The fourth-order valence-electron chi connectivity index (χ4n) is 4.45. The summed E-state index contributed by atoms with van der Waals surface area (Å²) in [7, 11) is 0. The molecule has 1 aliphatic rings. The first-order valence-electron chi connectivity index (χ1n) is 11.7. The SMILES string of the molecule is O=C(N=C1c2ccccc2CN1c1cccc(C(F)(F)F)c1)c1cn(-c2ccccc2)nc1-c1cccs1. The summed E-state index contributed by atoms with van der Waals surface area (Å²) in [4.78, 5) is 20.7. The molecular formula is C29H19F3N4OS. The van der Waals surface area contributed by atoms with E-state index in [0.29, 0.717) is 34.9 Å². The number of fused-ring (bicyclic) bond motifs is 1. The maximum Gasteiger partial charge on any atom is 0.416 e. The minimum Gasteiger partial charge on any atom is -0.321 e. The second-order valence-electron chi connectivity index (χ2n) is 8.68. The Morgan fingerprint density at radius 2 is 1.66 bits per heavy atom. The largest absolute Gasteiger partial charge is 0.416 e. The lowest BCUT2D eigenvalue weighted by Crippen LogP contribution is -2.25. The number of amides is 1. The number of nitrogens with zero attached hydrogens (tertiary/aromatic N) is 4. The van der Waals surface area contributed by atoms with Gasteiger partial charge in [0.25, 0.3) is 5.91 Å². The Balaban J connectivity index is 1.46. The first-order chi connectivity index (χ1) is 18.4. The Labute approximate surface area is 220 Å². The van der Waals surface area contributed by atoms with Crippen LogP contribution in [0.2, 0.25) is 0 Å². The Bertz CT molecular complexity index is 1660. The zero-order valence-corrected chi connectivity index (χ0v) is 20.6. The van der Waals surface area contributed by atoms with Gasteiger partial charge in [-0.3, -0.25) is 4.79 Å². The molecule has 0 bridgehead atoms. The van der Waals surface area contributed by atoms with E-state index < -0.39 is 17.6 Å². The molecule has 188 valence electrons. The molecule has 38 heavy (non-hydrogen) atoms. The summed E-state index contributed by atoms with van der Waals surface area (Å²) >= 11 is 1.46. The lowest BCUT2D eigenvalue weighted by Gasteiger charge is -2.20. The van der Waals surface area contributed by atoms with Crippen molar-refractivity contribution < 1.29 is 18.0 Å². The second-order valence-corrected chi connectivity index (χ2v) is 9.63. The smallest absolute Gasteiger partial charge is 0.321 e. The topological polar surface area (TPSA) is 50.5 Å². The Kier molecular flexibility index (Phi) is 5.92. The molecule has 2 aromatic heterocycles. The van der Waals surface area contributed by atoms with Crippen molar-refractivity contribution >= 4 is 28.8 Å². The maximum atomic E-state index is 13.7. The molecule has 0 saturated carbocycles. The van der Waals surface area contributed by atoms with E-state index in [1.807, 2.05) is 72.1 Å². The number of alkyl halides is 3. The number of amidine groups is 1. The molecule has 0 fully saturated rings. The van der Waals surface area contributed by atoms with Crippen LogP contribution in [0.25, 0.3) is 16.3 Å². The Morgan fingerprint density at radius 3 is 2.42 bits per heavy atom. The van der Waals surface area contributed by atoms with Gasteiger partial charge in [0, 0.05) is 17.4 Å². The minimum atomic E-state index is -4.49. The number of benzene rings is 3. The molecule has 0 atom stereocenters. The highest BCUT2D eigenvalue weighted by Crippen LogP contribution is 2.35. The van der Waals surface area contributed by atoms with Gasteiger partial charge in [-0.05, 0) is 47.3 Å². The lowest BCUT2D eigenvalue weighted by atomic mass is 10.1. The summed E-state index contributed by atoms with van der Waals surface area (Å²) in [6.07, 6.45) is -2.84. The number of carbonyl (C=O) groups excluding carboxylic acids is 1. The van der Waals surface area contributed by atoms with Gasteiger partial charge in [-0.25, -0.2) is 4.68 Å². The van der Waals surface area contributed by atoms with Crippen molar-refractivity contribution in [1.29, 1.82) is 0 Å². The van der Waals surface area contributed by atoms with Crippen molar-refractivity contribution in [3.05, 3.63) is 125 Å². The van der Waals surface area contributed by atoms with E-state index in [1.165, 1.54) is 17.4 Å². The number of aromatic nitrogens is 2. The minimum absolute atomic E-state index is 0.296. The van der Waals surface area contributed by atoms with Crippen LogP contribution in [-0.2, 0) is 12.7 Å². The summed E-state index contributed by atoms with van der Waals surface area (Å²) in [6.45, 7) is 0.296. The summed E-state index contributed by atoms with van der Waals surface area (Å²) in [6, 6.07) is 25.6. The molecule has 6 rings (SSSR count). The fraction of sp³-hybridized carbons (Fsp3) is 0.0690. The van der Waals surface area contributed by atoms with Crippen LogP contribution >= 0.6 is 11.3 Å². The second kappa shape index (κ2) is 9.42. The molecule has 0 saturated heterocycles. The quantitative estimate of drug-likeness (QED) is 0.247. The number of carbonyl (C=O) groups is 1. The van der Waals surface area contributed by atoms with Crippen molar-refractivity contribution in [2.45, 2.75) is 12.7 Å². The van der Waals surface area contributed by atoms with Crippen molar-refractivity contribution in [2.24, 2.45) is 4.99 Å². The first-order valence-corrected chi connectivity index (χ1v) is 12.6. The number of rotatable bonds is 4. The van der Waals surface area contributed by atoms with E-state index in [-0.39, 0.29) is 0 Å². The standard InChI is InChI=1S/C29H19F3N4OS/c30-29(31,32)20-9-6-12-22(16-20)35-17-19-8-4-5-13-23(19)27(35)33-28(37)24-18-36(21-10-2-1-3-11-21)34-26(24)25-14-7-15-38-25/h1-16,18H,17H2. The number of para-hydroxylation sites is 1. The summed E-state index contributed by atoms with van der Waals surface area (Å²) in [5, 5.41) is 6.58. The van der Waals surface area contributed by atoms with E-state index >= 15 is 0 Å². The third kappa shape index (κ3) is 4.41. The van der Waals surface area contributed by atoms with Gasteiger partial charge >= 0.3 is 6.18 Å². The van der Waals surface area contributed by atoms with E-state index in [1.54, 1.807) is 21.8 Å². The van der Waals surface area contributed by atoms with Crippen molar-refractivity contribution in [1.82, 2.24) is 9.78 Å². The maximum absolute atomic E-state index is 13.7. The van der Waals surface area contributed by atoms with Crippen LogP contribution in [-0.4, -0.2) is 21.5 Å². The molecule has 0 spiro atoms. The number of anilines is 1. The zero-order valence-electron chi connectivity index (χ0n) is 19.8. The van der Waals surface area contributed by atoms with E-state index in [9.17, 15) is 18.0 Å². The van der Waals surface area contributed by atoms with Crippen molar-refractivity contribution in [3.63, 3.8) is 0 Å². The average Bonchev–Trinajstić information content (AvgIpc) is 3.68. The summed E-state index contributed by atoms with van der Waals surface area (Å²) in [5.41, 5.74) is 2.70. The third-order valence-corrected chi connectivity index (χ3v) is 7.13. The number of thiophene rings is 1. The molecule has 3 heterocycles. The molecule has 5 nitrogen and oxygen atoms in total. The lowest BCUT2D eigenvalue weighted by molar-refractivity contribution is -0.137. The van der Waals surface area contributed by atoms with Crippen LogP contribution < -0.4 is 4.90 Å². The molecule has 0 radical (unpaired) electrons. The van der Waals surface area contributed by atoms with Gasteiger partial charge in [0.2, 0.25) is 0 Å². The molecule has 9 heteroatoms. The van der Waals surface area contributed by atoms with Gasteiger partial charge in [0.05, 0.1) is 28.2 Å². The molecule has 5 aromatic rings.